The predicted octanol–water partition coefficient (Wildman–Crippen LogP) is 3.67. The average Bonchev–Trinajstić information content (AvgIpc) is 2.49. The van der Waals surface area contributed by atoms with Crippen molar-refractivity contribution in [3.05, 3.63) is 57.0 Å². The van der Waals surface area contributed by atoms with Gasteiger partial charge in [0, 0.05) is 9.50 Å². The molecule has 2 aromatic rings. The van der Waals surface area contributed by atoms with E-state index in [1.165, 1.54) is 0 Å². The molecule has 3 N–H and O–H groups in total. The van der Waals surface area contributed by atoms with Gasteiger partial charge in [-0.3, -0.25) is 5.84 Å². The number of nitrogens with one attached hydrogen (secondary N) is 1. The molecule has 0 spiro atoms. The maximum Gasteiger partial charge on any atom is 0.161 e. The largest absolute Gasteiger partial charge is 0.493 e. The van der Waals surface area contributed by atoms with E-state index >= 15 is 0 Å². The summed E-state index contributed by atoms with van der Waals surface area (Å²) in [7, 11) is 3.21. The monoisotopic (exact) mass is 370 g/mol. The molecule has 0 saturated heterocycles. The van der Waals surface area contributed by atoms with E-state index in [4.69, 9.17) is 26.9 Å². The minimum absolute atomic E-state index is 0.198. The van der Waals surface area contributed by atoms with E-state index in [1.54, 1.807) is 14.2 Å². The van der Waals surface area contributed by atoms with Gasteiger partial charge in [-0.25, -0.2) is 5.43 Å². The van der Waals surface area contributed by atoms with Crippen LogP contribution in [0.4, 0.5) is 0 Å². The quantitative estimate of drug-likeness (QED) is 0.622. The van der Waals surface area contributed by atoms with Crippen molar-refractivity contribution in [1.82, 2.24) is 5.43 Å². The molecule has 0 radical (unpaired) electrons. The minimum Gasteiger partial charge on any atom is -0.493 e. The number of benzene rings is 2. The lowest BCUT2D eigenvalue weighted by molar-refractivity contribution is 0.354. The highest BCUT2D eigenvalue weighted by Crippen LogP contribution is 2.34. The molecule has 0 saturated carbocycles. The van der Waals surface area contributed by atoms with E-state index in [1.807, 2.05) is 36.4 Å². The third kappa shape index (κ3) is 3.49. The van der Waals surface area contributed by atoms with Crippen LogP contribution in [-0.2, 0) is 0 Å². The van der Waals surface area contributed by atoms with Crippen LogP contribution in [0.1, 0.15) is 17.2 Å². The van der Waals surface area contributed by atoms with Gasteiger partial charge in [-0.15, -0.1) is 0 Å². The molecular formula is C15H16BrClN2O2. The molecule has 0 aliphatic carbocycles. The van der Waals surface area contributed by atoms with Crippen LogP contribution in [0, 0.1) is 0 Å². The normalized spacial score (nSPS) is 12.0. The molecule has 0 bridgehead atoms. The van der Waals surface area contributed by atoms with Gasteiger partial charge in [-0.1, -0.05) is 39.7 Å². The molecule has 6 heteroatoms. The molecule has 0 fully saturated rings. The number of hydrazine groups is 1. The molecule has 112 valence electrons. The Bertz CT molecular complexity index is 637. The molecule has 2 aromatic carbocycles. The predicted molar refractivity (Wildman–Crippen MR) is 87.9 cm³/mol. The summed E-state index contributed by atoms with van der Waals surface area (Å²) in [5, 5.41) is 0.661. The van der Waals surface area contributed by atoms with Gasteiger partial charge in [0.25, 0.3) is 0 Å². The van der Waals surface area contributed by atoms with Gasteiger partial charge in [0.05, 0.1) is 20.3 Å². The Morgan fingerprint density at radius 1 is 1.10 bits per heavy atom. The topological polar surface area (TPSA) is 56.5 Å². The second kappa shape index (κ2) is 7.13. The zero-order valence-corrected chi connectivity index (χ0v) is 14.0. The standard InChI is InChI=1S/C15H16BrClN2O2/c1-20-13-6-3-9(7-14(13)21-2)15(19-18)11-5-4-10(17)8-12(11)16/h3-8,15,19H,18H2,1-2H3. The highest BCUT2D eigenvalue weighted by Gasteiger charge is 2.17. The molecule has 0 amide bonds. The fourth-order valence-electron chi connectivity index (χ4n) is 2.13. The number of nitrogens with two attached hydrogens (primary N) is 1. The van der Waals surface area contributed by atoms with E-state index in [0.29, 0.717) is 16.5 Å². The van der Waals surface area contributed by atoms with Gasteiger partial charge in [0.1, 0.15) is 0 Å². The fraction of sp³-hybridized carbons (Fsp3) is 0.200. The number of halogens is 2. The molecule has 1 unspecified atom stereocenters. The van der Waals surface area contributed by atoms with Gasteiger partial charge in [-0.05, 0) is 35.4 Å². The number of hydrogen-bond donors (Lipinski definition) is 2. The third-order valence-corrected chi connectivity index (χ3v) is 4.10. The summed E-state index contributed by atoms with van der Waals surface area (Å²) in [5.74, 6) is 7.06. The molecule has 0 aromatic heterocycles. The first-order valence-electron chi connectivity index (χ1n) is 6.23. The zero-order chi connectivity index (χ0) is 15.4. The lowest BCUT2D eigenvalue weighted by Crippen LogP contribution is -2.29. The van der Waals surface area contributed by atoms with E-state index in [2.05, 4.69) is 21.4 Å². The second-order valence-corrected chi connectivity index (χ2v) is 5.67. The van der Waals surface area contributed by atoms with Gasteiger partial charge >= 0.3 is 0 Å². The number of ether oxygens (including phenoxy) is 2. The Morgan fingerprint density at radius 2 is 1.81 bits per heavy atom. The fourth-order valence-corrected chi connectivity index (χ4v) is 3.05. The van der Waals surface area contributed by atoms with E-state index in [0.717, 1.165) is 15.6 Å². The Balaban J connectivity index is 2.46. The number of rotatable bonds is 5. The average molecular weight is 372 g/mol. The Morgan fingerprint density at radius 3 is 2.38 bits per heavy atom. The van der Waals surface area contributed by atoms with Crippen LogP contribution < -0.4 is 20.7 Å². The van der Waals surface area contributed by atoms with Crippen LogP contribution in [-0.4, -0.2) is 14.2 Å². The first kappa shape index (κ1) is 16.1. The third-order valence-electron chi connectivity index (χ3n) is 3.18. The molecule has 1 atom stereocenters. The molecule has 0 aliphatic rings. The van der Waals surface area contributed by atoms with Crippen LogP contribution in [0.25, 0.3) is 0 Å². The van der Waals surface area contributed by atoms with Crippen molar-refractivity contribution in [3.8, 4) is 11.5 Å². The molecular weight excluding hydrogens is 356 g/mol. The van der Waals surface area contributed by atoms with Crippen molar-refractivity contribution in [2.45, 2.75) is 6.04 Å². The van der Waals surface area contributed by atoms with Crippen molar-refractivity contribution >= 4 is 27.5 Å². The van der Waals surface area contributed by atoms with Crippen LogP contribution in [0.2, 0.25) is 5.02 Å². The van der Waals surface area contributed by atoms with E-state index in [-0.39, 0.29) is 6.04 Å². The number of hydrogen-bond acceptors (Lipinski definition) is 4. The summed E-state index contributed by atoms with van der Waals surface area (Å²) in [5.41, 5.74) is 4.75. The molecule has 0 heterocycles. The Hall–Kier alpha value is -1.27. The van der Waals surface area contributed by atoms with Crippen molar-refractivity contribution in [2.24, 2.45) is 5.84 Å². The maximum absolute atomic E-state index is 5.98. The van der Waals surface area contributed by atoms with E-state index < -0.39 is 0 Å². The van der Waals surface area contributed by atoms with Crippen LogP contribution >= 0.6 is 27.5 Å². The maximum atomic E-state index is 5.98. The molecule has 2 rings (SSSR count). The number of methoxy groups -OCH3 is 2. The van der Waals surface area contributed by atoms with Crippen molar-refractivity contribution in [2.75, 3.05) is 14.2 Å². The summed E-state index contributed by atoms with van der Waals surface area (Å²) in [6.45, 7) is 0. The summed E-state index contributed by atoms with van der Waals surface area (Å²) < 4.78 is 11.5. The molecule has 4 nitrogen and oxygen atoms in total. The first-order chi connectivity index (χ1) is 10.1. The van der Waals surface area contributed by atoms with Crippen molar-refractivity contribution in [3.63, 3.8) is 0 Å². The zero-order valence-electron chi connectivity index (χ0n) is 11.7. The summed E-state index contributed by atoms with van der Waals surface area (Å²) >= 11 is 9.49. The summed E-state index contributed by atoms with van der Waals surface area (Å²) in [6, 6.07) is 11.1. The lowest BCUT2D eigenvalue weighted by Gasteiger charge is -2.20. The summed E-state index contributed by atoms with van der Waals surface area (Å²) in [4.78, 5) is 0. The molecule has 0 aliphatic heterocycles. The van der Waals surface area contributed by atoms with Crippen LogP contribution in [0.3, 0.4) is 0 Å². The highest BCUT2D eigenvalue weighted by atomic mass is 79.9. The lowest BCUT2D eigenvalue weighted by atomic mass is 9.99. The van der Waals surface area contributed by atoms with Gasteiger partial charge in [-0.2, -0.15) is 0 Å². The van der Waals surface area contributed by atoms with Gasteiger partial charge in [0.2, 0.25) is 0 Å². The second-order valence-electron chi connectivity index (χ2n) is 4.38. The SMILES string of the molecule is COc1ccc(C(NN)c2ccc(Cl)cc2Br)cc1OC. The van der Waals surface area contributed by atoms with Gasteiger partial charge < -0.3 is 9.47 Å². The van der Waals surface area contributed by atoms with Gasteiger partial charge in [0.15, 0.2) is 11.5 Å². The van der Waals surface area contributed by atoms with Crippen molar-refractivity contribution < 1.29 is 9.47 Å². The smallest absolute Gasteiger partial charge is 0.161 e. The summed E-state index contributed by atoms with van der Waals surface area (Å²) in [6.07, 6.45) is 0. The van der Waals surface area contributed by atoms with Crippen molar-refractivity contribution in [1.29, 1.82) is 0 Å². The van der Waals surface area contributed by atoms with E-state index in [9.17, 15) is 0 Å². The first-order valence-corrected chi connectivity index (χ1v) is 7.40. The highest BCUT2D eigenvalue weighted by molar-refractivity contribution is 9.10. The minimum atomic E-state index is -0.198. The Kier molecular flexibility index (Phi) is 5.47. The molecule has 21 heavy (non-hydrogen) atoms. The van der Waals surface area contributed by atoms with Crippen LogP contribution in [0.5, 0.6) is 11.5 Å². The van der Waals surface area contributed by atoms with Crippen LogP contribution in [0.15, 0.2) is 40.9 Å². The Labute approximate surface area is 137 Å².